The number of fused-ring (bicyclic) bond motifs is 2. The van der Waals surface area contributed by atoms with Gasteiger partial charge in [0.25, 0.3) is 0 Å². The van der Waals surface area contributed by atoms with E-state index in [9.17, 15) is 18.0 Å². The Hall–Kier alpha value is -1.70. The van der Waals surface area contributed by atoms with Crippen LogP contribution in [0.25, 0.3) is 0 Å². The molecule has 2 aliphatic carbocycles. The molecule has 0 aromatic carbocycles. The Morgan fingerprint density at radius 2 is 2.00 bits per heavy atom. The molecule has 2 heterocycles. The molecule has 2 fully saturated rings. The van der Waals surface area contributed by atoms with E-state index in [1.165, 1.54) is 6.92 Å². The zero-order chi connectivity index (χ0) is 20.3. The summed E-state index contributed by atoms with van der Waals surface area (Å²) in [6.07, 6.45) is -2.10. The highest BCUT2D eigenvalue weighted by Gasteiger charge is 2.60. The lowest BCUT2D eigenvalue weighted by molar-refractivity contribution is -0.256. The second-order valence-corrected chi connectivity index (χ2v) is 8.76. The van der Waals surface area contributed by atoms with Crippen LogP contribution in [0, 0.1) is 24.2 Å². The van der Waals surface area contributed by atoms with Gasteiger partial charge in [0.05, 0.1) is 12.0 Å². The van der Waals surface area contributed by atoms with E-state index in [0.29, 0.717) is 18.5 Å². The summed E-state index contributed by atoms with van der Waals surface area (Å²) in [6, 6.07) is 0. The van der Waals surface area contributed by atoms with Gasteiger partial charge in [-0.25, -0.2) is 9.97 Å². The normalized spacial score (nSPS) is 31.4. The first-order valence-corrected chi connectivity index (χ1v) is 9.84. The Morgan fingerprint density at radius 1 is 1.25 bits per heavy atom. The molecule has 4 atom stereocenters. The van der Waals surface area contributed by atoms with Gasteiger partial charge < -0.3 is 9.47 Å². The maximum atomic E-state index is 13.4. The molecule has 4 unspecified atom stereocenters. The highest BCUT2D eigenvalue weighted by atomic mass is 19.4. The average molecular weight is 398 g/mol. The van der Waals surface area contributed by atoms with Crippen molar-refractivity contribution in [3.63, 3.8) is 0 Å². The van der Waals surface area contributed by atoms with Crippen LogP contribution in [-0.2, 0) is 33.3 Å². The van der Waals surface area contributed by atoms with Crippen LogP contribution in [0.2, 0.25) is 0 Å². The van der Waals surface area contributed by atoms with Gasteiger partial charge in [-0.2, -0.15) is 13.2 Å². The third-order valence-corrected chi connectivity index (χ3v) is 6.45. The Labute approximate surface area is 162 Å². The van der Waals surface area contributed by atoms with Gasteiger partial charge in [0, 0.05) is 29.2 Å². The van der Waals surface area contributed by atoms with E-state index in [2.05, 4.69) is 9.97 Å². The molecule has 28 heavy (non-hydrogen) atoms. The minimum atomic E-state index is -4.56. The molecule has 4 rings (SSSR count). The summed E-state index contributed by atoms with van der Waals surface area (Å²) in [5, 5.41) is 0. The summed E-state index contributed by atoms with van der Waals surface area (Å²) in [4.78, 5) is 20.6. The molecule has 3 aliphatic rings. The van der Waals surface area contributed by atoms with Crippen molar-refractivity contribution in [3.05, 3.63) is 22.8 Å². The van der Waals surface area contributed by atoms with Crippen molar-refractivity contribution in [2.45, 2.75) is 71.3 Å². The first-order valence-electron chi connectivity index (χ1n) is 9.84. The van der Waals surface area contributed by atoms with Gasteiger partial charge in [0.2, 0.25) is 0 Å². The van der Waals surface area contributed by atoms with E-state index >= 15 is 0 Å². The lowest BCUT2D eigenvalue weighted by Gasteiger charge is -2.58. The molecule has 1 saturated carbocycles. The van der Waals surface area contributed by atoms with Gasteiger partial charge in [0.15, 0.2) is 5.69 Å². The summed E-state index contributed by atoms with van der Waals surface area (Å²) in [7, 11) is 0. The standard InChI is InChI=1S/C20H25F3N2O3/c1-10-24-14-7-6-11(9-13(14)15(25-10)20(21,22)23)18(26)28-17-12-5-4-8-27-16(12)19(17,2)3/h11-12,16-17H,4-9H2,1-3H3. The van der Waals surface area contributed by atoms with Crippen molar-refractivity contribution in [3.8, 4) is 0 Å². The fourth-order valence-electron chi connectivity index (χ4n) is 5.11. The molecule has 1 aromatic rings. The molecule has 1 aliphatic heterocycles. The summed E-state index contributed by atoms with van der Waals surface area (Å²) in [5.74, 6) is -0.729. The van der Waals surface area contributed by atoms with E-state index in [-0.39, 0.29) is 41.3 Å². The van der Waals surface area contributed by atoms with Gasteiger partial charge in [-0.1, -0.05) is 13.8 Å². The zero-order valence-electron chi connectivity index (χ0n) is 16.3. The molecule has 1 saturated heterocycles. The number of nitrogens with zero attached hydrogens (tertiary/aromatic N) is 2. The molecule has 0 bridgehead atoms. The van der Waals surface area contributed by atoms with E-state index in [1.54, 1.807) is 0 Å². The summed E-state index contributed by atoms with van der Waals surface area (Å²) < 4.78 is 51.9. The largest absolute Gasteiger partial charge is 0.461 e. The van der Waals surface area contributed by atoms with Crippen LogP contribution in [0.4, 0.5) is 13.2 Å². The number of ether oxygens (including phenoxy) is 2. The number of carbonyl (C=O) groups excluding carboxylic acids is 1. The summed E-state index contributed by atoms with van der Waals surface area (Å²) >= 11 is 0. The van der Waals surface area contributed by atoms with Crippen LogP contribution in [0.3, 0.4) is 0 Å². The van der Waals surface area contributed by atoms with Crippen LogP contribution in [0.15, 0.2) is 0 Å². The highest BCUT2D eigenvalue weighted by Crippen LogP contribution is 2.53. The first kappa shape index (κ1) is 19.6. The highest BCUT2D eigenvalue weighted by molar-refractivity contribution is 5.74. The molecular weight excluding hydrogens is 373 g/mol. The number of carbonyl (C=O) groups is 1. The van der Waals surface area contributed by atoms with E-state index < -0.39 is 23.8 Å². The summed E-state index contributed by atoms with van der Waals surface area (Å²) in [5.41, 5.74) is -0.756. The Morgan fingerprint density at radius 3 is 2.71 bits per heavy atom. The Balaban J connectivity index is 1.51. The quantitative estimate of drug-likeness (QED) is 0.712. The van der Waals surface area contributed by atoms with E-state index in [0.717, 1.165) is 19.4 Å². The predicted molar refractivity (Wildman–Crippen MR) is 93.4 cm³/mol. The molecule has 0 radical (unpaired) electrons. The lowest BCUT2D eigenvalue weighted by atomic mass is 9.56. The van der Waals surface area contributed by atoms with Crippen molar-refractivity contribution in [2.75, 3.05) is 6.61 Å². The van der Waals surface area contributed by atoms with Crippen molar-refractivity contribution in [1.29, 1.82) is 0 Å². The van der Waals surface area contributed by atoms with Gasteiger partial charge >= 0.3 is 12.1 Å². The van der Waals surface area contributed by atoms with Crippen molar-refractivity contribution in [2.24, 2.45) is 17.3 Å². The topological polar surface area (TPSA) is 61.3 Å². The molecular formula is C20H25F3N2O3. The molecule has 0 amide bonds. The third kappa shape index (κ3) is 3.19. The van der Waals surface area contributed by atoms with E-state index in [1.807, 2.05) is 13.8 Å². The number of hydrogen-bond donors (Lipinski definition) is 0. The first-order chi connectivity index (χ1) is 13.1. The fraction of sp³-hybridized carbons (Fsp3) is 0.750. The number of hydrogen-bond acceptors (Lipinski definition) is 5. The maximum Gasteiger partial charge on any atom is 0.433 e. The second-order valence-electron chi connectivity index (χ2n) is 8.76. The molecule has 154 valence electrons. The van der Waals surface area contributed by atoms with Crippen LogP contribution in [-0.4, -0.2) is 34.8 Å². The summed E-state index contributed by atoms with van der Waals surface area (Å²) in [6.45, 7) is 6.22. The second kappa shape index (κ2) is 6.68. The molecule has 8 heteroatoms. The average Bonchev–Trinajstić information content (AvgIpc) is 2.64. The number of rotatable bonds is 2. The van der Waals surface area contributed by atoms with Crippen LogP contribution >= 0.6 is 0 Å². The Kier molecular flexibility index (Phi) is 4.68. The minimum Gasteiger partial charge on any atom is -0.461 e. The van der Waals surface area contributed by atoms with Crippen molar-refractivity contribution >= 4 is 5.97 Å². The molecule has 5 nitrogen and oxygen atoms in total. The number of aromatic nitrogens is 2. The van der Waals surface area contributed by atoms with Crippen molar-refractivity contribution < 1.29 is 27.4 Å². The monoisotopic (exact) mass is 398 g/mol. The van der Waals surface area contributed by atoms with E-state index in [4.69, 9.17) is 9.47 Å². The predicted octanol–water partition coefficient (Wildman–Crippen LogP) is 3.66. The maximum absolute atomic E-state index is 13.4. The van der Waals surface area contributed by atoms with Gasteiger partial charge in [-0.15, -0.1) is 0 Å². The molecule has 1 aromatic heterocycles. The number of alkyl halides is 3. The van der Waals surface area contributed by atoms with Crippen LogP contribution in [0.1, 0.15) is 55.9 Å². The smallest absolute Gasteiger partial charge is 0.433 e. The minimum absolute atomic E-state index is 0.0268. The Bertz CT molecular complexity index is 794. The fourth-order valence-corrected chi connectivity index (χ4v) is 5.11. The number of aryl methyl sites for hydroxylation is 2. The zero-order valence-corrected chi connectivity index (χ0v) is 16.3. The number of esters is 1. The SMILES string of the molecule is Cc1nc2c(c(C(F)(F)F)n1)CC(C(=O)OC1C3CCCOC3C1(C)C)CC2. The number of halogens is 3. The van der Waals surface area contributed by atoms with Crippen LogP contribution in [0.5, 0.6) is 0 Å². The molecule has 0 spiro atoms. The van der Waals surface area contributed by atoms with Gasteiger partial charge in [0.1, 0.15) is 11.9 Å². The van der Waals surface area contributed by atoms with Crippen LogP contribution < -0.4 is 0 Å². The molecule has 0 N–H and O–H groups in total. The lowest BCUT2D eigenvalue weighted by Crippen LogP contribution is -2.65. The van der Waals surface area contributed by atoms with Crippen molar-refractivity contribution in [1.82, 2.24) is 9.97 Å². The van der Waals surface area contributed by atoms with Gasteiger partial charge in [-0.3, -0.25) is 4.79 Å². The van der Waals surface area contributed by atoms with Gasteiger partial charge in [-0.05, 0) is 39.0 Å². The third-order valence-electron chi connectivity index (χ3n) is 6.45.